The van der Waals surface area contributed by atoms with Crippen LogP contribution in [0.25, 0.3) is 0 Å². The van der Waals surface area contributed by atoms with E-state index in [1.165, 1.54) is 17.5 Å². The maximum atomic E-state index is 12.9. The largest absolute Gasteiger partial charge is 0.367 e. The number of morpholine rings is 1. The van der Waals surface area contributed by atoms with Gasteiger partial charge in [-0.15, -0.1) is 0 Å². The summed E-state index contributed by atoms with van der Waals surface area (Å²) < 4.78 is 5.79. The van der Waals surface area contributed by atoms with E-state index < -0.39 is 0 Å². The van der Waals surface area contributed by atoms with E-state index in [9.17, 15) is 4.79 Å². The minimum Gasteiger partial charge on any atom is -0.367 e. The first-order chi connectivity index (χ1) is 11.7. The summed E-state index contributed by atoms with van der Waals surface area (Å²) in [4.78, 5) is 23.5. The maximum absolute atomic E-state index is 12.9. The molecule has 4 rings (SSSR count). The molecule has 1 amide bonds. The standard InChI is InChI=1S/C19H21N3O2/c1-13-7-8-20-18(21-13)17-12-22(9-10-24-17)19(23)16-6-5-14-3-2-4-15(14)11-16/h5-8,11,17H,2-4,9-10,12H2,1H3/t17-/m0/s1. The van der Waals surface area contributed by atoms with Crippen molar-refractivity contribution in [1.82, 2.24) is 14.9 Å². The number of nitrogens with zero attached hydrogens (tertiary/aromatic N) is 3. The summed E-state index contributed by atoms with van der Waals surface area (Å²) in [7, 11) is 0. The zero-order chi connectivity index (χ0) is 16.5. The van der Waals surface area contributed by atoms with Gasteiger partial charge in [0.15, 0.2) is 5.82 Å². The molecule has 1 aliphatic carbocycles. The van der Waals surface area contributed by atoms with Crippen molar-refractivity contribution in [3.8, 4) is 0 Å². The molecule has 1 atom stereocenters. The van der Waals surface area contributed by atoms with Crippen molar-refractivity contribution in [3.05, 3.63) is 58.7 Å². The highest BCUT2D eigenvalue weighted by Crippen LogP contribution is 2.25. The molecule has 1 fully saturated rings. The van der Waals surface area contributed by atoms with Crippen molar-refractivity contribution in [2.75, 3.05) is 19.7 Å². The van der Waals surface area contributed by atoms with Crippen LogP contribution in [0, 0.1) is 6.92 Å². The third-order valence-corrected chi connectivity index (χ3v) is 4.80. The molecule has 0 N–H and O–H groups in total. The Hall–Kier alpha value is -2.27. The monoisotopic (exact) mass is 323 g/mol. The van der Waals surface area contributed by atoms with E-state index in [0.29, 0.717) is 25.5 Å². The molecule has 5 heteroatoms. The van der Waals surface area contributed by atoms with Crippen LogP contribution in [0.3, 0.4) is 0 Å². The highest BCUT2D eigenvalue weighted by atomic mass is 16.5. The number of aromatic nitrogens is 2. The van der Waals surface area contributed by atoms with E-state index in [-0.39, 0.29) is 12.0 Å². The first-order valence-corrected chi connectivity index (χ1v) is 8.53. The molecular weight excluding hydrogens is 302 g/mol. The van der Waals surface area contributed by atoms with Gasteiger partial charge < -0.3 is 9.64 Å². The van der Waals surface area contributed by atoms with Crippen LogP contribution >= 0.6 is 0 Å². The second-order valence-corrected chi connectivity index (χ2v) is 6.50. The zero-order valence-corrected chi connectivity index (χ0v) is 13.9. The summed E-state index contributed by atoms with van der Waals surface area (Å²) >= 11 is 0. The lowest BCUT2D eigenvalue weighted by Crippen LogP contribution is -2.42. The topological polar surface area (TPSA) is 55.3 Å². The Bertz CT molecular complexity index is 775. The van der Waals surface area contributed by atoms with Crippen LogP contribution in [0.15, 0.2) is 30.5 Å². The Balaban J connectivity index is 1.52. The summed E-state index contributed by atoms with van der Waals surface area (Å²) in [6.45, 7) is 3.55. The van der Waals surface area contributed by atoms with Crippen molar-refractivity contribution < 1.29 is 9.53 Å². The van der Waals surface area contributed by atoms with Crippen LogP contribution in [0.4, 0.5) is 0 Å². The van der Waals surface area contributed by atoms with Crippen LogP contribution in [0.5, 0.6) is 0 Å². The molecule has 1 aliphatic heterocycles. The molecule has 2 aromatic rings. The van der Waals surface area contributed by atoms with Crippen molar-refractivity contribution in [2.24, 2.45) is 0 Å². The maximum Gasteiger partial charge on any atom is 0.254 e. The lowest BCUT2D eigenvalue weighted by atomic mass is 10.1. The number of hydrogen-bond acceptors (Lipinski definition) is 4. The van der Waals surface area contributed by atoms with Gasteiger partial charge in [-0.2, -0.15) is 0 Å². The molecule has 124 valence electrons. The van der Waals surface area contributed by atoms with E-state index in [0.717, 1.165) is 24.1 Å². The molecule has 0 unspecified atom stereocenters. The molecule has 0 radical (unpaired) electrons. The van der Waals surface area contributed by atoms with Gasteiger partial charge >= 0.3 is 0 Å². The summed E-state index contributed by atoms with van der Waals surface area (Å²) in [6, 6.07) is 8.00. The Morgan fingerprint density at radius 1 is 1.25 bits per heavy atom. The molecule has 1 saturated heterocycles. The third-order valence-electron chi connectivity index (χ3n) is 4.80. The van der Waals surface area contributed by atoms with Gasteiger partial charge in [0.2, 0.25) is 0 Å². The molecule has 0 bridgehead atoms. The molecule has 1 aromatic heterocycles. The summed E-state index contributed by atoms with van der Waals surface area (Å²) in [5.41, 5.74) is 4.40. The number of rotatable bonds is 2. The van der Waals surface area contributed by atoms with Crippen LogP contribution in [0.2, 0.25) is 0 Å². The number of fused-ring (bicyclic) bond motifs is 1. The van der Waals surface area contributed by atoms with E-state index >= 15 is 0 Å². The normalized spacial score (nSPS) is 20.0. The fourth-order valence-electron chi connectivity index (χ4n) is 3.50. The SMILES string of the molecule is Cc1ccnc([C@@H]2CN(C(=O)c3ccc4c(c3)CCC4)CCO2)n1. The first kappa shape index (κ1) is 15.3. The van der Waals surface area contributed by atoms with E-state index in [1.54, 1.807) is 6.20 Å². The Kier molecular flexibility index (Phi) is 4.02. The number of amides is 1. The molecule has 5 nitrogen and oxygen atoms in total. The van der Waals surface area contributed by atoms with Crippen LogP contribution in [0.1, 0.15) is 45.5 Å². The number of ether oxygens (including phenoxy) is 1. The van der Waals surface area contributed by atoms with Gasteiger partial charge in [0, 0.05) is 24.0 Å². The number of carbonyl (C=O) groups is 1. The number of hydrogen-bond donors (Lipinski definition) is 0. The van der Waals surface area contributed by atoms with E-state index in [4.69, 9.17) is 4.74 Å². The van der Waals surface area contributed by atoms with Gasteiger partial charge in [-0.25, -0.2) is 9.97 Å². The fourth-order valence-corrected chi connectivity index (χ4v) is 3.50. The highest BCUT2D eigenvalue weighted by molar-refractivity contribution is 5.94. The lowest BCUT2D eigenvalue weighted by molar-refractivity contribution is -0.0268. The molecule has 0 spiro atoms. The summed E-state index contributed by atoms with van der Waals surface area (Å²) in [5.74, 6) is 0.729. The summed E-state index contributed by atoms with van der Waals surface area (Å²) in [6.07, 6.45) is 4.89. The van der Waals surface area contributed by atoms with Crippen LogP contribution in [-0.2, 0) is 17.6 Å². The van der Waals surface area contributed by atoms with Crippen molar-refractivity contribution in [2.45, 2.75) is 32.3 Å². The Labute approximate surface area is 141 Å². The molecule has 24 heavy (non-hydrogen) atoms. The number of aryl methyl sites for hydroxylation is 3. The highest BCUT2D eigenvalue weighted by Gasteiger charge is 2.28. The third kappa shape index (κ3) is 2.91. The second-order valence-electron chi connectivity index (χ2n) is 6.50. The molecule has 2 aliphatic rings. The van der Waals surface area contributed by atoms with Gasteiger partial charge in [0.1, 0.15) is 6.10 Å². The predicted octanol–water partition coefficient (Wildman–Crippen LogP) is 2.49. The van der Waals surface area contributed by atoms with Crippen molar-refractivity contribution in [3.63, 3.8) is 0 Å². The van der Waals surface area contributed by atoms with Crippen LogP contribution < -0.4 is 0 Å². The smallest absolute Gasteiger partial charge is 0.254 e. The van der Waals surface area contributed by atoms with Gasteiger partial charge in [0.05, 0.1) is 13.2 Å². The minimum atomic E-state index is -0.253. The Morgan fingerprint density at radius 2 is 2.12 bits per heavy atom. The number of benzene rings is 1. The second kappa shape index (κ2) is 6.32. The van der Waals surface area contributed by atoms with Crippen LogP contribution in [-0.4, -0.2) is 40.5 Å². The molecule has 1 aromatic carbocycles. The average Bonchev–Trinajstić information content (AvgIpc) is 3.09. The van der Waals surface area contributed by atoms with E-state index in [1.807, 2.05) is 24.0 Å². The summed E-state index contributed by atoms with van der Waals surface area (Å²) in [5, 5.41) is 0. The quantitative estimate of drug-likeness (QED) is 0.852. The zero-order valence-electron chi connectivity index (χ0n) is 13.9. The van der Waals surface area contributed by atoms with Gasteiger partial charge in [0.25, 0.3) is 5.91 Å². The lowest BCUT2D eigenvalue weighted by Gasteiger charge is -2.32. The molecule has 0 saturated carbocycles. The average molecular weight is 323 g/mol. The number of carbonyl (C=O) groups excluding carboxylic acids is 1. The molecular formula is C19H21N3O2. The van der Waals surface area contributed by atoms with Gasteiger partial charge in [-0.1, -0.05) is 6.07 Å². The molecule has 2 heterocycles. The first-order valence-electron chi connectivity index (χ1n) is 8.53. The predicted molar refractivity (Wildman–Crippen MR) is 89.8 cm³/mol. The van der Waals surface area contributed by atoms with E-state index in [2.05, 4.69) is 22.1 Å². The fraction of sp³-hybridized carbons (Fsp3) is 0.421. The minimum absolute atomic E-state index is 0.0747. The Morgan fingerprint density at radius 3 is 3.00 bits per heavy atom. The van der Waals surface area contributed by atoms with Gasteiger partial charge in [-0.3, -0.25) is 4.79 Å². The van der Waals surface area contributed by atoms with Crippen molar-refractivity contribution >= 4 is 5.91 Å². The van der Waals surface area contributed by atoms with Gasteiger partial charge in [-0.05, 0) is 55.5 Å². The van der Waals surface area contributed by atoms with Crippen molar-refractivity contribution in [1.29, 1.82) is 0 Å².